The molecule has 90 valence electrons. The molecule has 0 saturated carbocycles. The van der Waals surface area contributed by atoms with Gasteiger partial charge in [-0.2, -0.15) is 0 Å². The van der Waals surface area contributed by atoms with Gasteiger partial charge >= 0.3 is 0 Å². The zero-order valence-corrected chi connectivity index (χ0v) is 12.0. The summed E-state index contributed by atoms with van der Waals surface area (Å²) in [5, 5.41) is 1.13. The predicted molar refractivity (Wildman–Crippen MR) is 70.7 cm³/mol. The predicted octanol–water partition coefficient (Wildman–Crippen LogP) is 2.43. The molecule has 0 N–H and O–H groups in total. The topological polar surface area (TPSA) is 6.48 Å². The Hall–Kier alpha value is 0.400. The maximum absolute atomic E-state index is 3.59. The van der Waals surface area contributed by atoms with E-state index in [9.17, 15) is 0 Å². The van der Waals surface area contributed by atoms with Crippen molar-refractivity contribution in [3.8, 4) is 0 Å². The van der Waals surface area contributed by atoms with Gasteiger partial charge in [0.2, 0.25) is 0 Å². The first-order chi connectivity index (χ1) is 7.17. The van der Waals surface area contributed by atoms with Crippen molar-refractivity contribution in [1.82, 2.24) is 9.80 Å². The first kappa shape index (κ1) is 13.5. The van der Waals surface area contributed by atoms with E-state index in [1.54, 1.807) is 0 Å². The molecule has 0 aromatic rings. The van der Waals surface area contributed by atoms with Crippen LogP contribution >= 0.6 is 15.9 Å². The highest BCUT2D eigenvalue weighted by molar-refractivity contribution is 9.09. The van der Waals surface area contributed by atoms with Crippen molar-refractivity contribution in [3.63, 3.8) is 0 Å². The van der Waals surface area contributed by atoms with Crippen LogP contribution in [0, 0.1) is 5.92 Å². The van der Waals surface area contributed by atoms with Crippen LogP contribution in [0.2, 0.25) is 0 Å². The second kappa shape index (κ2) is 6.87. The van der Waals surface area contributed by atoms with Crippen LogP contribution in [0.5, 0.6) is 0 Å². The van der Waals surface area contributed by atoms with Crippen LogP contribution in [-0.2, 0) is 0 Å². The molecule has 2 unspecified atom stereocenters. The first-order valence-corrected chi connectivity index (χ1v) is 7.24. The molecule has 2 atom stereocenters. The molecule has 3 heteroatoms. The summed E-state index contributed by atoms with van der Waals surface area (Å²) in [6, 6.07) is 0.794. The van der Waals surface area contributed by atoms with E-state index in [2.05, 4.69) is 46.7 Å². The molecule has 0 aliphatic carbocycles. The Morgan fingerprint density at radius 1 is 1.53 bits per heavy atom. The summed E-state index contributed by atoms with van der Waals surface area (Å²) in [5.74, 6) is 0.807. The van der Waals surface area contributed by atoms with Gasteiger partial charge in [0.15, 0.2) is 0 Å². The Balaban J connectivity index is 2.25. The fourth-order valence-corrected chi connectivity index (χ4v) is 3.03. The van der Waals surface area contributed by atoms with Gasteiger partial charge in [0.05, 0.1) is 0 Å². The number of alkyl halides is 1. The lowest BCUT2D eigenvalue weighted by atomic mass is 10.1. The largest absolute Gasteiger partial charge is 0.305 e. The van der Waals surface area contributed by atoms with E-state index in [4.69, 9.17) is 0 Å². The minimum Gasteiger partial charge on any atom is -0.305 e. The smallest absolute Gasteiger partial charge is 0.0220 e. The first-order valence-electron chi connectivity index (χ1n) is 6.12. The maximum Gasteiger partial charge on any atom is 0.0220 e. The quantitative estimate of drug-likeness (QED) is 0.688. The molecule has 0 aromatic carbocycles. The Bertz CT molecular complexity index is 171. The van der Waals surface area contributed by atoms with Gasteiger partial charge < -0.3 is 9.80 Å². The van der Waals surface area contributed by atoms with Crippen molar-refractivity contribution >= 4 is 15.9 Å². The lowest BCUT2D eigenvalue weighted by Gasteiger charge is -2.28. The number of nitrogens with zero attached hydrogens (tertiary/aromatic N) is 2. The summed E-state index contributed by atoms with van der Waals surface area (Å²) in [4.78, 5) is 5.01. The molecular weight excluding hydrogens is 252 g/mol. The Labute approximate surface area is 103 Å². The van der Waals surface area contributed by atoms with Gasteiger partial charge in [-0.25, -0.2) is 0 Å². The Morgan fingerprint density at radius 2 is 2.27 bits per heavy atom. The van der Waals surface area contributed by atoms with Crippen molar-refractivity contribution < 1.29 is 0 Å². The molecule has 0 spiro atoms. The van der Waals surface area contributed by atoms with Crippen LogP contribution in [0.3, 0.4) is 0 Å². The highest BCUT2D eigenvalue weighted by atomic mass is 79.9. The van der Waals surface area contributed by atoms with Gasteiger partial charge in [0.25, 0.3) is 0 Å². The molecule has 0 amide bonds. The average molecular weight is 277 g/mol. The highest BCUT2D eigenvalue weighted by Crippen LogP contribution is 2.16. The van der Waals surface area contributed by atoms with E-state index in [1.807, 2.05) is 0 Å². The molecule has 15 heavy (non-hydrogen) atoms. The second-order valence-corrected chi connectivity index (χ2v) is 5.57. The summed E-state index contributed by atoms with van der Waals surface area (Å²) in [6.07, 6.45) is 4.03. The zero-order chi connectivity index (χ0) is 11.3. The van der Waals surface area contributed by atoms with Crippen LogP contribution in [0.15, 0.2) is 0 Å². The minimum atomic E-state index is 0.794. The number of likely N-dealkylation sites (tertiary alicyclic amines) is 1. The summed E-state index contributed by atoms with van der Waals surface area (Å²) in [7, 11) is 4.52. The second-order valence-electron chi connectivity index (χ2n) is 4.93. The molecule has 1 aliphatic heterocycles. The van der Waals surface area contributed by atoms with Crippen molar-refractivity contribution in [2.45, 2.75) is 32.2 Å². The molecule has 1 saturated heterocycles. The Morgan fingerprint density at radius 3 is 2.73 bits per heavy atom. The van der Waals surface area contributed by atoms with Crippen LogP contribution in [0.25, 0.3) is 0 Å². The van der Waals surface area contributed by atoms with Crippen molar-refractivity contribution in [1.29, 1.82) is 0 Å². The third kappa shape index (κ3) is 4.41. The lowest BCUT2D eigenvalue weighted by Crippen LogP contribution is -2.38. The maximum atomic E-state index is 3.59. The summed E-state index contributed by atoms with van der Waals surface area (Å²) in [6.45, 7) is 6.03. The summed E-state index contributed by atoms with van der Waals surface area (Å²) >= 11 is 3.59. The van der Waals surface area contributed by atoms with Gasteiger partial charge in [0.1, 0.15) is 0 Å². The third-order valence-electron chi connectivity index (χ3n) is 3.56. The number of likely N-dealkylation sites (N-methyl/N-ethyl adjacent to an activating group) is 2. The Kier molecular flexibility index (Phi) is 6.17. The van der Waals surface area contributed by atoms with Gasteiger partial charge in [0, 0.05) is 24.5 Å². The SMILES string of the molecule is CCC(CBr)CN(C)CC1CCCN1C. The van der Waals surface area contributed by atoms with Gasteiger partial charge in [-0.05, 0) is 39.4 Å². The molecule has 1 aliphatic rings. The van der Waals surface area contributed by atoms with Crippen LogP contribution in [0.1, 0.15) is 26.2 Å². The van der Waals surface area contributed by atoms with Gasteiger partial charge in [-0.15, -0.1) is 0 Å². The van der Waals surface area contributed by atoms with Crippen molar-refractivity contribution in [2.24, 2.45) is 5.92 Å². The molecule has 1 fully saturated rings. The van der Waals surface area contributed by atoms with E-state index >= 15 is 0 Å². The molecule has 0 aromatic heterocycles. The third-order valence-corrected chi connectivity index (χ3v) is 4.48. The fourth-order valence-electron chi connectivity index (χ4n) is 2.37. The van der Waals surface area contributed by atoms with Crippen molar-refractivity contribution in [2.75, 3.05) is 39.1 Å². The summed E-state index contributed by atoms with van der Waals surface area (Å²) < 4.78 is 0. The van der Waals surface area contributed by atoms with Crippen LogP contribution in [0.4, 0.5) is 0 Å². The lowest BCUT2D eigenvalue weighted by molar-refractivity contribution is 0.203. The normalized spacial score (nSPS) is 25.0. The molecular formula is C12H25BrN2. The number of hydrogen-bond donors (Lipinski definition) is 0. The number of hydrogen-bond acceptors (Lipinski definition) is 2. The fraction of sp³-hybridized carbons (Fsp3) is 1.00. The van der Waals surface area contributed by atoms with E-state index in [0.29, 0.717) is 0 Å². The monoisotopic (exact) mass is 276 g/mol. The average Bonchev–Trinajstić information content (AvgIpc) is 2.61. The molecule has 1 heterocycles. The summed E-state index contributed by atoms with van der Waals surface area (Å²) in [5.41, 5.74) is 0. The highest BCUT2D eigenvalue weighted by Gasteiger charge is 2.22. The number of rotatable bonds is 6. The van der Waals surface area contributed by atoms with Gasteiger partial charge in [-0.3, -0.25) is 0 Å². The zero-order valence-electron chi connectivity index (χ0n) is 10.4. The van der Waals surface area contributed by atoms with E-state index in [1.165, 1.54) is 38.9 Å². The van der Waals surface area contributed by atoms with Gasteiger partial charge in [-0.1, -0.05) is 29.3 Å². The van der Waals surface area contributed by atoms with Crippen LogP contribution < -0.4 is 0 Å². The molecule has 1 rings (SSSR count). The molecule has 2 nitrogen and oxygen atoms in total. The van der Waals surface area contributed by atoms with E-state index < -0.39 is 0 Å². The van der Waals surface area contributed by atoms with E-state index in [-0.39, 0.29) is 0 Å². The van der Waals surface area contributed by atoms with Crippen LogP contribution in [-0.4, -0.2) is 54.9 Å². The molecule has 0 radical (unpaired) electrons. The van der Waals surface area contributed by atoms with E-state index in [0.717, 1.165) is 17.3 Å². The van der Waals surface area contributed by atoms with Crippen molar-refractivity contribution in [3.05, 3.63) is 0 Å². The minimum absolute atomic E-state index is 0.794. The number of halogens is 1. The standard InChI is InChI=1S/C12H25BrN2/c1-4-11(8-13)9-14(2)10-12-6-5-7-15(12)3/h11-12H,4-10H2,1-3H3. The molecule has 0 bridgehead atoms.